The average Bonchev–Trinajstić information content (AvgIpc) is 3.44. The fourth-order valence-electron chi connectivity index (χ4n) is 5.40. The number of carbonyl (C=O) groups is 2. The van der Waals surface area contributed by atoms with E-state index in [0.717, 1.165) is 51.6 Å². The van der Waals surface area contributed by atoms with E-state index >= 15 is 0 Å². The molecule has 2 aliphatic heterocycles. The zero-order valence-corrected chi connectivity index (χ0v) is 19.0. The van der Waals surface area contributed by atoms with Gasteiger partial charge in [0.15, 0.2) is 0 Å². The molecule has 2 amide bonds. The lowest BCUT2D eigenvalue weighted by Crippen LogP contribution is -2.53. The topological polar surface area (TPSA) is 55.9 Å². The highest BCUT2D eigenvalue weighted by Gasteiger charge is 2.42. The number of thiophene rings is 1. The first-order valence-corrected chi connectivity index (χ1v) is 12.5. The van der Waals surface area contributed by atoms with Crippen LogP contribution in [0.5, 0.6) is 0 Å². The second kappa shape index (κ2) is 10.2. The van der Waals surface area contributed by atoms with E-state index in [-0.39, 0.29) is 23.9 Å². The summed E-state index contributed by atoms with van der Waals surface area (Å²) < 4.78 is 0. The Labute approximate surface area is 184 Å². The molecular weight excluding hydrogens is 396 g/mol. The van der Waals surface area contributed by atoms with E-state index in [4.69, 9.17) is 0 Å². The van der Waals surface area contributed by atoms with Crippen molar-refractivity contribution in [3.05, 3.63) is 22.4 Å². The van der Waals surface area contributed by atoms with Gasteiger partial charge in [-0.2, -0.15) is 0 Å². The van der Waals surface area contributed by atoms with Crippen molar-refractivity contribution in [2.24, 2.45) is 5.92 Å². The van der Waals surface area contributed by atoms with Gasteiger partial charge in [-0.25, -0.2) is 0 Å². The number of nitrogens with zero attached hydrogens (tertiary/aromatic N) is 3. The monoisotopic (exact) mass is 432 g/mol. The van der Waals surface area contributed by atoms with E-state index in [1.165, 1.54) is 37.0 Å². The van der Waals surface area contributed by atoms with Crippen molar-refractivity contribution >= 4 is 23.2 Å². The van der Waals surface area contributed by atoms with Gasteiger partial charge in [-0.1, -0.05) is 25.3 Å². The Bertz CT molecular complexity index is 698. The molecule has 4 rings (SSSR count). The lowest BCUT2D eigenvalue weighted by atomic mass is 9.88. The molecule has 2 unspecified atom stereocenters. The first kappa shape index (κ1) is 21.8. The van der Waals surface area contributed by atoms with Crippen LogP contribution < -0.4 is 5.32 Å². The van der Waals surface area contributed by atoms with Crippen LogP contribution in [-0.2, 0) is 16.1 Å². The summed E-state index contributed by atoms with van der Waals surface area (Å²) in [6, 6.07) is 4.28. The van der Waals surface area contributed by atoms with Crippen molar-refractivity contribution in [3.63, 3.8) is 0 Å². The van der Waals surface area contributed by atoms with Crippen LogP contribution >= 0.6 is 11.3 Å². The molecule has 3 heterocycles. The quantitative estimate of drug-likeness (QED) is 0.751. The van der Waals surface area contributed by atoms with Crippen LogP contribution in [0.25, 0.3) is 0 Å². The van der Waals surface area contributed by atoms with Gasteiger partial charge in [0.1, 0.15) is 6.04 Å². The van der Waals surface area contributed by atoms with E-state index in [1.807, 2.05) is 9.80 Å². The zero-order valence-electron chi connectivity index (χ0n) is 18.2. The van der Waals surface area contributed by atoms with E-state index in [9.17, 15) is 9.59 Å². The standard InChI is InChI=1S/C23H36N4O2S/c1-18(28)27-16-20(14-22(27)23(29)25-11-9-24-10-12-25)26(17-21-8-5-13-30-21)15-19-6-3-2-4-7-19/h5,8,13,19-20,22,24H,2-4,6-7,9-12,14-17H2,1H3. The fourth-order valence-corrected chi connectivity index (χ4v) is 6.13. The van der Waals surface area contributed by atoms with Crippen molar-refractivity contribution in [2.45, 2.75) is 64.1 Å². The highest BCUT2D eigenvalue weighted by Crippen LogP contribution is 2.30. The predicted molar refractivity (Wildman–Crippen MR) is 120 cm³/mol. The maximum absolute atomic E-state index is 13.3. The van der Waals surface area contributed by atoms with E-state index in [2.05, 4.69) is 27.7 Å². The molecule has 0 bridgehead atoms. The summed E-state index contributed by atoms with van der Waals surface area (Å²) in [4.78, 5) is 33.5. The van der Waals surface area contributed by atoms with Gasteiger partial charge in [0.2, 0.25) is 11.8 Å². The molecule has 7 heteroatoms. The summed E-state index contributed by atoms with van der Waals surface area (Å²) in [6.07, 6.45) is 7.43. The maximum Gasteiger partial charge on any atom is 0.245 e. The van der Waals surface area contributed by atoms with Crippen molar-refractivity contribution in [1.29, 1.82) is 0 Å². The second-order valence-corrected chi connectivity index (χ2v) is 10.2. The number of likely N-dealkylation sites (tertiary alicyclic amines) is 1. The molecule has 3 fully saturated rings. The molecule has 30 heavy (non-hydrogen) atoms. The Morgan fingerprint density at radius 1 is 1.20 bits per heavy atom. The summed E-state index contributed by atoms with van der Waals surface area (Å²) in [5.41, 5.74) is 0. The van der Waals surface area contributed by atoms with Crippen molar-refractivity contribution in [2.75, 3.05) is 39.3 Å². The van der Waals surface area contributed by atoms with Gasteiger partial charge >= 0.3 is 0 Å². The molecule has 3 aliphatic rings. The molecule has 1 N–H and O–H groups in total. The molecule has 1 saturated carbocycles. The maximum atomic E-state index is 13.3. The van der Waals surface area contributed by atoms with Crippen LogP contribution in [0.4, 0.5) is 0 Å². The molecule has 0 radical (unpaired) electrons. The second-order valence-electron chi connectivity index (χ2n) is 9.16. The van der Waals surface area contributed by atoms with Gasteiger partial charge < -0.3 is 15.1 Å². The third kappa shape index (κ3) is 5.24. The van der Waals surface area contributed by atoms with Crippen LogP contribution in [0.15, 0.2) is 17.5 Å². The highest BCUT2D eigenvalue weighted by molar-refractivity contribution is 7.09. The summed E-state index contributed by atoms with van der Waals surface area (Å²) >= 11 is 1.80. The Morgan fingerprint density at radius 3 is 2.63 bits per heavy atom. The number of amides is 2. The van der Waals surface area contributed by atoms with Gasteiger partial charge in [0.25, 0.3) is 0 Å². The van der Waals surface area contributed by atoms with Crippen LogP contribution in [0.1, 0.15) is 50.3 Å². The molecule has 1 aliphatic carbocycles. The van der Waals surface area contributed by atoms with Crippen LogP contribution in [0.2, 0.25) is 0 Å². The molecule has 2 atom stereocenters. The Kier molecular flexibility index (Phi) is 7.44. The minimum Gasteiger partial charge on any atom is -0.338 e. The van der Waals surface area contributed by atoms with Crippen molar-refractivity contribution in [1.82, 2.24) is 20.0 Å². The van der Waals surface area contributed by atoms with Crippen molar-refractivity contribution < 1.29 is 9.59 Å². The third-order valence-electron chi connectivity index (χ3n) is 7.07. The lowest BCUT2D eigenvalue weighted by molar-refractivity contribution is -0.143. The van der Waals surface area contributed by atoms with Gasteiger partial charge in [0, 0.05) is 63.7 Å². The molecule has 166 valence electrons. The molecule has 2 saturated heterocycles. The Balaban J connectivity index is 1.48. The first-order chi connectivity index (χ1) is 14.6. The van der Waals surface area contributed by atoms with E-state index in [0.29, 0.717) is 6.54 Å². The smallest absolute Gasteiger partial charge is 0.245 e. The average molecular weight is 433 g/mol. The number of nitrogens with one attached hydrogen (secondary N) is 1. The number of carbonyl (C=O) groups excluding carboxylic acids is 2. The molecular formula is C23H36N4O2S. The lowest BCUT2D eigenvalue weighted by Gasteiger charge is -2.33. The zero-order chi connectivity index (χ0) is 20.9. The minimum absolute atomic E-state index is 0.0275. The number of rotatable bonds is 6. The van der Waals surface area contributed by atoms with E-state index in [1.54, 1.807) is 18.3 Å². The number of hydrogen-bond donors (Lipinski definition) is 1. The van der Waals surface area contributed by atoms with Gasteiger partial charge in [-0.05, 0) is 36.6 Å². The molecule has 1 aromatic rings. The van der Waals surface area contributed by atoms with Gasteiger partial charge in [-0.3, -0.25) is 14.5 Å². The first-order valence-electron chi connectivity index (χ1n) is 11.6. The summed E-state index contributed by atoms with van der Waals surface area (Å²) in [5.74, 6) is 0.912. The third-order valence-corrected chi connectivity index (χ3v) is 7.93. The molecule has 6 nitrogen and oxygen atoms in total. The minimum atomic E-state index is -0.303. The number of piperazine rings is 1. The van der Waals surface area contributed by atoms with Gasteiger partial charge in [0.05, 0.1) is 0 Å². The van der Waals surface area contributed by atoms with Crippen LogP contribution in [-0.4, -0.2) is 77.9 Å². The summed E-state index contributed by atoms with van der Waals surface area (Å²) in [7, 11) is 0. The predicted octanol–water partition coefficient (Wildman–Crippen LogP) is 2.55. The number of hydrogen-bond acceptors (Lipinski definition) is 5. The van der Waals surface area contributed by atoms with Crippen LogP contribution in [0, 0.1) is 5.92 Å². The highest BCUT2D eigenvalue weighted by atomic mass is 32.1. The molecule has 0 spiro atoms. The Morgan fingerprint density at radius 2 is 1.97 bits per heavy atom. The Hall–Kier alpha value is -1.44. The van der Waals surface area contributed by atoms with E-state index < -0.39 is 0 Å². The summed E-state index contributed by atoms with van der Waals surface area (Å²) in [5, 5.41) is 5.45. The normalized spacial score (nSPS) is 25.8. The molecule has 1 aromatic heterocycles. The largest absolute Gasteiger partial charge is 0.338 e. The SMILES string of the molecule is CC(=O)N1CC(N(Cc2cccs2)CC2CCCCC2)CC1C(=O)N1CCNCC1. The summed E-state index contributed by atoms with van der Waals surface area (Å²) in [6.45, 7) is 7.48. The fraction of sp³-hybridized carbons (Fsp3) is 0.739. The van der Waals surface area contributed by atoms with Crippen molar-refractivity contribution in [3.8, 4) is 0 Å². The van der Waals surface area contributed by atoms with Crippen LogP contribution in [0.3, 0.4) is 0 Å². The molecule has 0 aromatic carbocycles. The van der Waals surface area contributed by atoms with Gasteiger partial charge in [-0.15, -0.1) is 11.3 Å².